The van der Waals surface area contributed by atoms with Crippen LogP contribution in [0.5, 0.6) is 0 Å². The molecule has 0 spiro atoms. The third-order valence-corrected chi connectivity index (χ3v) is 4.59. The average molecular weight is 403 g/mol. The molecular formula is C22H17N3O5. The maximum atomic E-state index is 12.8. The van der Waals surface area contributed by atoms with Crippen LogP contribution >= 0.6 is 0 Å². The smallest absolute Gasteiger partial charge is 0.335 e. The molecule has 2 heterocycles. The predicted octanol–water partition coefficient (Wildman–Crippen LogP) is 2.67. The highest BCUT2D eigenvalue weighted by Gasteiger charge is 2.16. The molecule has 0 aliphatic rings. The zero-order valence-electron chi connectivity index (χ0n) is 15.7. The van der Waals surface area contributed by atoms with Gasteiger partial charge in [0.05, 0.1) is 12.1 Å². The molecule has 150 valence electrons. The first kappa shape index (κ1) is 19.1. The number of nitrogens with one attached hydrogen (secondary N) is 1. The van der Waals surface area contributed by atoms with Crippen molar-refractivity contribution in [3.8, 4) is 0 Å². The van der Waals surface area contributed by atoms with Crippen LogP contribution in [0.25, 0.3) is 11.1 Å². The minimum absolute atomic E-state index is 0.00842. The van der Waals surface area contributed by atoms with E-state index < -0.39 is 11.9 Å². The minimum Gasteiger partial charge on any atom is -0.478 e. The maximum absolute atomic E-state index is 12.8. The quantitative estimate of drug-likeness (QED) is 0.512. The summed E-state index contributed by atoms with van der Waals surface area (Å²) in [5.74, 6) is -1.44. The van der Waals surface area contributed by atoms with Gasteiger partial charge in [0.2, 0.25) is 5.71 Å². The van der Waals surface area contributed by atoms with Gasteiger partial charge in [-0.25, -0.2) is 9.78 Å². The Morgan fingerprint density at radius 3 is 2.47 bits per heavy atom. The average Bonchev–Trinajstić information content (AvgIpc) is 3.20. The summed E-state index contributed by atoms with van der Waals surface area (Å²) in [4.78, 5) is 40.2. The second-order valence-electron chi connectivity index (χ2n) is 6.68. The number of carboxylic acid groups (broad SMARTS) is 1. The molecule has 0 radical (unpaired) electrons. The summed E-state index contributed by atoms with van der Waals surface area (Å²) < 4.78 is 6.82. The summed E-state index contributed by atoms with van der Waals surface area (Å²) in [7, 11) is 0. The third-order valence-electron chi connectivity index (χ3n) is 4.59. The topological polar surface area (TPSA) is 114 Å². The molecule has 0 aliphatic carbocycles. The van der Waals surface area contributed by atoms with Gasteiger partial charge in [-0.3, -0.25) is 14.2 Å². The monoisotopic (exact) mass is 403 g/mol. The van der Waals surface area contributed by atoms with Crippen molar-refractivity contribution in [3.05, 3.63) is 99.8 Å². The van der Waals surface area contributed by atoms with Crippen molar-refractivity contribution >= 4 is 23.0 Å². The number of aromatic nitrogens is 2. The Kier molecular flexibility index (Phi) is 5.13. The number of rotatable bonds is 6. The normalized spacial score (nSPS) is 10.8. The number of fused-ring (bicyclic) bond motifs is 1. The van der Waals surface area contributed by atoms with Gasteiger partial charge in [0, 0.05) is 12.6 Å². The third kappa shape index (κ3) is 3.97. The molecule has 2 aromatic heterocycles. The maximum Gasteiger partial charge on any atom is 0.335 e. The molecule has 8 heteroatoms. The second kappa shape index (κ2) is 8.04. The van der Waals surface area contributed by atoms with Crippen molar-refractivity contribution in [3.63, 3.8) is 0 Å². The zero-order valence-corrected chi connectivity index (χ0v) is 15.7. The number of amides is 1. The summed E-state index contributed by atoms with van der Waals surface area (Å²) in [5, 5.41) is 11.9. The van der Waals surface area contributed by atoms with E-state index in [1.807, 2.05) is 30.3 Å². The molecule has 4 aromatic rings. The van der Waals surface area contributed by atoms with Gasteiger partial charge in [-0.2, -0.15) is 0 Å². The van der Waals surface area contributed by atoms with Gasteiger partial charge in [-0.15, -0.1) is 0 Å². The fourth-order valence-corrected chi connectivity index (χ4v) is 3.00. The number of carbonyl (C=O) groups excluding carboxylic acids is 1. The fraction of sp³-hybridized carbons (Fsp3) is 0.0909. The predicted molar refractivity (Wildman–Crippen MR) is 108 cm³/mol. The van der Waals surface area contributed by atoms with Gasteiger partial charge in [0.15, 0.2) is 5.76 Å². The van der Waals surface area contributed by atoms with E-state index in [2.05, 4.69) is 10.3 Å². The molecule has 0 atom stereocenters. The number of carboxylic acids is 1. The number of aromatic carboxylic acids is 1. The zero-order chi connectivity index (χ0) is 21.1. The van der Waals surface area contributed by atoms with Gasteiger partial charge in [0.1, 0.15) is 11.7 Å². The van der Waals surface area contributed by atoms with Gasteiger partial charge in [-0.1, -0.05) is 42.5 Å². The van der Waals surface area contributed by atoms with Crippen molar-refractivity contribution in [2.45, 2.75) is 13.1 Å². The Labute approximate surface area is 170 Å². The SMILES string of the molecule is O=C(O)c1ccc(Cn2cnc3oc(C(=O)NCc4ccccc4)cc3c2=O)cc1. The van der Waals surface area contributed by atoms with Crippen LogP contribution in [0, 0.1) is 0 Å². The highest BCUT2D eigenvalue weighted by Crippen LogP contribution is 2.14. The van der Waals surface area contributed by atoms with Crippen LogP contribution in [0.3, 0.4) is 0 Å². The molecule has 2 N–H and O–H groups in total. The summed E-state index contributed by atoms with van der Waals surface area (Å²) >= 11 is 0. The van der Waals surface area contributed by atoms with Crippen molar-refractivity contribution in [2.24, 2.45) is 0 Å². The minimum atomic E-state index is -1.02. The van der Waals surface area contributed by atoms with Crippen LogP contribution in [0.1, 0.15) is 32.0 Å². The molecule has 1 amide bonds. The number of hydrogen-bond acceptors (Lipinski definition) is 5. The van der Waals surface area contributed by atoms with Crippen LogP contribution in [0.2, 0.25) is 0 Å². The summed E-state index contributed by atoms with van der Waals surface area (Å²) in [6.45, 7) is 0.545. The number of furan rings is 1. The van der Waals surface area contributed by atoms with E-state index >= 15 is 0 Å². The van der Waals surface area contributed by atoms with E-state index in [1.54, 1.807) is 12.1 Å². The number of carbonyl (C=O) groups is 2. The molecule has 30 heavy (non-hydrogen) atoms. The molecule has 0 saturated heterocycles. The summed E-state index contributed by atoms with van der Waals surface area (Å²) in [6, 6.07) is 17.0. The standard InChI is InChI=1S/C22H17N3O5/c26-19(23-11-14-4-2-1-3-5-14)18-10-17-20(30-18)24-13-25(21(17)27)12-15-6-8-16(9-7-15)22(28)29/h1-10,13H,11-12H2,(H,23,26)(H,28,29). The molecule has 8 nitrogen and oxygen atoms in total. The molecule has 0 fully saturated rings. The van der Waals surface area contributed by atoms with Crippen LogP contribution < -0.4 is 10.9 Å². The largest absolute Gasteiger partial charge is 0.478 e. The molecule has 0 aliphatic heterocycles. The first-order valence-corrected chi connectivity index (χ1v) is 9.14. The molecule has 2 aromatic carbocycles. The lowest BCUT2D eigenvalue weighted by Gasteiger charge is -2.05. The van der Waals surface area contributed by atoms with E-state index in [0.717, 1.165) is 11.1 Å². The number of hydrogen-bond donors (Lipinski definition) is 2. The summed E-state index contributed by atoms with van der Waals surface area (Å²) in [5.41, 5.74) is 1.58. The Bertz CT molecular complexity index is 1270. The Morgan fingerprint density at radius 1 is 1.03 bits per heavy atom. The fourth-order valence-electron chi connectivity index (χ4n) is 3.00. The number of benzene rings is 2. The molecule has 0 bridgehead atoms. The van der Waals surface area contributed by atoms with Gasteiger partial charge < -0.3 is 14.8 Å². The molecular weight excluding hydrogens is 386 g/mol. The van der Waals surface area contributed by atoms with Crippen molar-refractivity contribution < 1.29 is 19.1 Å². The van der Waals surface area contributed by atoms with Crippen LogP contribution in [-0.4, -0.2) is 26.5 Å². The van der Waals surface area contributed by atoms with Crippen molar-refractivity contribution in [2.75, 3.05) is 0 Å². The molecule has 0 unspecified atom stereocenters. The highest BCUT2D eigenvalue weighted by molar-refractivity contribution is 5.95. The van der Waals surface area contributed by atoms with Crippen LogP contribution in [0.15, 0.2) is 76.2 Å². The van der Waals surface area contributed by atoms with Gasteiger partial charge in [-0.05, 0) is 23.3 Å². The first-order valence-electron chi connectivity index (χ1n) is 9.14. The van der Waals surface area contributed by atoms with E-state index in [-0.39, 0.29) is 34.5 Å². The van der Waals surface area contributed by atoms with Crippen LogP contribution in [0.4, 0.5) is 0 Å². The van der Waals surface area contributed by atoms with E-state index in [0.29, 0.717) is 6.54 Å². The molecule has 4 rings (SSSR count). The summed E-state index contributed by atoms with van der Waals surface area (Å²) in [6.07, 6.45) is 1.34. The van der Waals surface area contributed by atoms with Crippen LogP contribution in [-0.2, 0) is 13.1 Å². The lowest BCUT2D eigenvalue weighted by molar-refractivity contribution is 0.0696. The van der Waals surface area contributed by atoms with E-state index in [4.69, 9.17) is 9.52 Å². The lowest BCUT2D eigenvalue weighted by Crippen LogP contribution is -2.22. The van der Waals surface area contributed by atoms with Crippen molar-refractivity contribution in [1.29, 1.82) is 0 Å². The van der Waals surface area contributed by atoms with E-state index in [1.165, 1.54) is 29.1 Å². The Morgan fingerprint density at radius 2 is 1.77 bits per heavy atom. The van der Waals surface area contributed by atoms with Crippen molar-refractivity contribution in [1.82, 2.24) is 14.9 Å². The first-order chi connectivity index (χ1) is 14.5. The Balaban J connectivity index is 1.53. The van der Waals surface area contributed by atoms with Gasteiger partial charge in [0.25, 0.3) is 11.5 Å². The lowest BCUT2D eigenvalue weighted by atomic mass is 10.1. The number of nitrogens with zero attached hydrogens (tertiary/aromatic N) is 2. The Hall–Kier alpha value is -4.20. The van der Waals surface area contributed by atoms with Gasteiger partial charge >= 0.3 is 5.97 Å². The highest BCUT2D eigenvalue weighted by atomic mass is 16.4. The van der Waals surface area contributed by atoms with E-state index in [9.17, 15) is 14.4 Å². The second-order valence-corrected chi connectivity index (χ2v) is 6.68. The molecule has 0 saturated carbocycles.